The van der Waals surface area contributed by atoms with Gasteiger partial charge < -0.3 is 16.0 Å². The number of hydrogen-bond donors (Lipinski definition) is 0. The minimum absolute atomic E-state index is 0.969. The molecule has 0 aromatic heterocycles. The normalized spacial score (nSPS) is 8.45. The molecule has 137 valence electrons. The summed E-state index contributed by atoms with van der Waals surface area (Å²) in [5.74, 6) is 0. The molecule has 0 aliphatic carbocycles. The maximum atomic E-state index is 4.08. The van der Waals surface area contributed by atoms with Gasteiger partial charge in [-0.05, 0) is 0 Å². The van der Waals surface area contributed by atoms with Crippen molar-refractivity contribution in [3.8, 4) is 0 Å². The van der Waals surface area contributed by atoms with Gasteiger partial charge in [0.15, 0.2) is 0 Å². The first-order valence-corrected chi connectivity index (χ1v) is 10.3. The Kier molecular flexibility index (Phi) is 59.2. The van der Waals surface area contributed by atoms with Crippen LogP contribution in [0.1, 0.15) is 67.7 Å². The molecule has 0 rings (SSSR count). The van der Waals surface area contributed by atoms with Crippen molar-refractivity contribution in [3.05, 3.63) is 16.0 Å². The van der Waals surface area contributed by atoms with Crippen LogP contribution in [0.5, 0.6) is 0 Å². The third-order valence-electron chi connectivity index (χ3n) is 2.20. The summed E-state index contributed by atoms with van der Waals surface area (Å²) < 4.78 is 4.08. The molecule has 4 nitrogen and oxygen atoms in total. The van der Waals surface area contributed by atoms with Gasteiger partial charge in [-0.1, -0.05) is 41.5 Å². The van der Waals surface area contributed by atoms with Crippen molar-refractivity contribution in [1.29, 1.82) is 0 Å². The zero-order valence-corrected chi connectivity index (χ0v) is 19.5. The van der Waals surface area contributed by atoms with Crippen molar-refractivity contribution in [2.45, 2.75) is 67.7 Å². The van der Waals surface area contributed by atoms with Crippen LogP contribution in [0.2, 0.25) is 0 Å². The standard InChI is InChI=1S/C5H11N.3C4H10N.Ta/c1-2-3-4-5-6;3*1-3-5-4-2;/h2-5H2,1H3;3*3-4H2,1-2H3;/q;3*-1;. The first kappa shape index (κ1) is 30.3. The summed E-state index contributed by atoms with van der Waals surface area (Å²) in [6.45, 7) is 21.4. The predicted molar refractivity (Wildman–Crippen MR) is 100 cm³/mol. The molecule has 0 atom stereocenters. The largest absolute Gasteiger partial charge is 0.663 e. The maximum absolute atomic E-state index is 4.08. The van der Waals surface area contributed by atoms with Gasteiger partial charge in [0.05, 0.1) is 0 Å². The molecule has 0 amide bonds. The molecule has 0 heterocycles. The van der Waals surface area contributed by atoms with Crippen molar-refractivity contribution in [2.24, 2.45) is 3.34 Å². The molecule has 0 N–H and O–H groups in total. The van der Waals surface area contributed by atoms with Crippen LogP contribution >= 0.6 is 0 Å². The van der Waals surface area contributed by atoms with E-state index < -0.39 is 0 Å². The second kappa shape index (κ2) is 43.0. The second-order valence-electron chi connectivity index (χ2n) is 4.14. The summed E-state index contributed by atoms with van der Waals surface area (Å²) in [4.78, 5) is 0. The minimum atomic E-state index is 0.969. The van der Waals surface area contributed by atoms with E-state index in [1.54, 1.807) is 0 Å². The fourth-order valence-electron chi connectivity index (χ4n) is 1.10. The third kappa shape index (κ3) is 70.9. The van der Waals surface area contributed by atoms with Crippen molar-refractivity contribution in [1.82, 2.24) is 0 Å². The number of nitrogens with zero attached hydrogens (tertiary/aromatic N) is 4. The Hall–Kier alpha value is 0.420. The summed E-state index contributed by atoms with van der Waals surface area (Å²) in [5, 5.41) is 11.9. The van der Waals surface area contributed by atoms with Gasteiger partial charge in [-0.3, -0.25) is 0 Å². The van der Waals surface area contributed by atoms with E-state index in [1.165, 1.54) is 40.2 Å². The van der Waals surface area contributed by atoms with Gasteiger partial charge >= 0.3 is 57.0 Å². The quantitative estimate of drug-likeness (QED) is 0.338. The first-order chi connectivity index (χ1) is 10.7. The van der Waals surface area contributed by atoms with Gasteiger partial charge in [-0.15, -0.1) is 0 Å². The van der Waals surface area contributed by atoms with E-state index in [9.17, 15) is 0 Å². The summed E-state index contributed by atoms with van der Waals surface area (Å²) in [5.41, 5.74) is 0. The van der Waals surface area contributed by atoms with Gasteiger partial charge in [0, 0.05) is 0 Å². The van der Waals surface area contributed by atoms with E-state index in [0.717, 1.165) is 45.8 Å². The Balaban J connectivity index is -0.0000000995. The van der Waals surface area contributed by atoms with Gasteiger partial charge in [0.1, 0.15) is 0 Å². The van der Waals surface area contributed by atoms with E-state index in [4.69, 9.17) is 0 Å². The molecule has 0 aromatic rings. The molecule has 0 aliphatic heterocycles. The molecule has 0 saturated heterocycles. The summed E-state index contributed by atoms with van der Waals surface area (Å²) in [6, 6.07) is 0. The van der Waals surface area contributed by atoms with Crippen LogP contribution in [0.25, 0.3) is 16.0 Å². The maximum Gasteiger partial charge on any atom is -0.0844 e. The van der Waals surface area contributed by atoms with Gasteiger partial charge in [-0.2, -0.15) is 39.3 Å². The van der Waals surface area contributed by atoms with Crippen LogP contribution in [0.15, 0.2) is 3.34 Å². The smallest absolute Gasteiger partial charge is 0.0844 e. The Morgan fingerprint density at radius 2 is 0.909 bits per heavy atom. The predicted octanol–water partition coefficient (Wildman–Crippen LogP) is 6.11. The Bertz CT molecular complexity index is 126. The van der Waals surface area contributed by atoms with Gasteiger partial charge in [-0.25, -0.2) is 0 Å². The molecule has 22 heavy (non-hydrogen) atoms. The van der Waals surface area contributed by atoms with Crippen molar-refractivity contribution in [3.63, 3.8) is 0 Å². The molecule has 0 bridgehead atoms. The summed E-state index contributed by atoms with van der Waals surface area (Å²) >= 11 is 1.20. The van der Waals surface area contributed by atoms with Crippen LogP contribution in [0.4, 0.5) is 0 Å². The summed E-state index contributed by atoms with van der Waals surface area (Å²) in [7, 11) is 0. The molecule has 0 unspecified atom stereocenters. The molecular formula is C17H41N4Ta-3. The van der Waals surface area contributed by atoms with Gasteiger partial charge in [0.25, 0.3) is 0 Å². The topological polar surface area (TPSA) is 54.7 Å². The molecule has 0 saturated carbocycles. The number of rotatable bonds is 10. The molecule has 5 heteroatoms. The zero-order valence-electron chi connectivity index (χ0n) is 16.3. The van der Waals surface area contributed by atoms with Crippen LogP contribution in [-0.2, 0) is 20.9 Å². The molecule has 0 aromatic carbocycles. The average molecular weight is 482 g/mol. The monoisotopic (exact) mass is 482 g/mol. The van der Waals surface area contributed by atoms with Crippen LogP contribution in [0.3, 0.4) is 0 Å². The Labute approximate surface area is 153 Å². The zero-order chi connectivity index (χ0) is 17.9. The second-order valence-corrected chi connectivity index (χ2v) is 5.16. The van der Waals surface area contributed by atoms with Crippen molar-refractivity contribution >= 4 is 0 Å². The summed E-state index contributed by atoms with van der Waals surface area (Å²) in [6.07, 6.45) is 3.96. The molecule has 0 fully saturated rings. The molecule has 0 spiro atoms. The number of unbranched alkanes of at least 4 members (excludes halogenated alkanes) is 2. The van der Waals surface area contributed by atoms with E-state index >= 15 is 0 Å². The van der Waals surface area contributed by atoms with E-state index in [1.807, 2.05) is 41.5 Å². The van der Waals surface area contributed by atoms with Crippen LogP contribution in [-0.4, -0.2) is 45.8 Å². The van der Waals surface area contributed by atoms with Crippen LogP contribution in [0, 0.1) is 0 Å². The fourth-order valence-corrected chi connectivity index (χ4v) is 1.61. The number of hydrogen-bond acceptors (Lipinski definition) is 1. The molecular weight excluding hydrogens is 441 g/mol. The average Bonchev–Trinajstić information content (AvgIpc) is 2.52. The van der Waals surface area contributed by atoms with E-state index in [0.29, 0.717) is 0 Å². The molecule has 0 aliphatic rings. The third-order valence-corrected chi connectivity index (χ3v) is 2.92. The van der Waals surface area contributed by atoms with Crippen molar-refractivity contribution < 1.29 is 20.9 Å². The van der Waals surface area contributed by atoms with Crippen LogP contribution < -0.4 is 0 Å². The van der Waals surface area contributed by atoms with E-state index in [2.05, 4.69) is 26.2 Å². The Morgan fingerprint density at radius 3 is 1.05 bits per heavy atom. The fraction of sp³-hybridized carbons (Fsp3) is 1.00. The SMILES string of the molecule is CCCCC[N]=[Ta].CC[N-]CC.CC[N-]CC.CC[N-]CC. The van der Waals surface area contributed by atoms with Gasteiger partial charge in [0.2, 0.25) is 0 Å². The van der Waals surface area contributed by atoms with E-state index in [-0.39, 0.29) is 0 Å². The Morgan fingerprint density at radius 1 is 0.591 bits per heavy atom. The molecule has 0 radical (unpaired) electrons. The van der Waals surface area contributed by atoms with Crippen molar-refractivity contribution in [2.75, 3.05) is 45.8 Å². The minimum Gasteiger partial charge on any atom is -0.663 e. The first-order valence-electron chi connectivity index (χ1n) is 8.86.